The van der Waals surface area contributed by atoms with E-state index in [0.717, 1.165) is 11.6 Å². The van der Waals surface area contributed by atoms with Crippen LogP contribution in [0.2, 0.25) is 0 Å². The molecule has 0 saturated heterocycles. The molecule has 1 aliphatic rings. The number of aliphatic carboxylic acids is 1. The minimum absolute atomic E-state index is 0.104. The molecule has 0 radical (unpaired) electrons. The summed E-state index contributed by atoms with van der Waals surface area (Å²) < 4.78 is 20.4. The minimum Gasteiger partial charge on any atom is -0.481 e. The monoisotopic (exact) mass is 504 g/mol. The first-order valence-corrected chi connectivity index (χ1v) is 11.9. The highest BCUT2D eigenvalue weighted by Gasteiger charge is 2.30. The Hall–Kier alpha value is -3.69. The van der Waals surface area contributed by atoms with Crippen LogP contribution >= 0.6 is 0 Å². The number of hydrogen-bond donors (Lipinski definition) is 1. The van der Waals surface area contributed by atoms with E-state index in [2.05, 4.69) is 6.58 Å². The molecule has 0 amide bonds. The van der Waals surface area contributed by atoms with Crippen molar-refractivity contribution in [2.24, 2.45) is 11.8 Å². The van der Waals surface area contributed by atoms with Gasteiger partial charge in [-0.1, -0.05) is 18.7 Å². The summed E-state index contributed by atoms with van der Waals surface area (Å²) in [5.41, 5.74) is 0.867. The van der Waals surface area contributed by atoms with E-state index in [9.17, 15) is 24.0 Å². The zero-order valence-corrected chi connectivity index (χ0v) is 20.3. The summed E-state index contributed by atoms with van der Waals surface area (Å²) in [7, 11) is 0. The van der Waals surface area contributed by atoms with Crippen LogP contribution in [0.4, 0.5) is 0 Å². The van der Waals surface area contributed by atoms with Crippen LogP contribution in [0.5, 0.6) is 5.75 Å². The highest BCUT2D eigenvalue weighted by atomic mass is 16.6. The number of esters is 4. The normalized spacial score (nSPS) is 17.8. The van der Waals surface area contributed by atoms with E-state index < -0.39 is 30.0 Å². The van der Waals surface area contributed by atoms with Crippen LogP contribution in [0, 0.1) is 11.8 Å². The molecule has 2 rings (SSSR count). The van der Waals surface area contributed by atoms with Gasteiger partial charge in [-0.3, -0.25) is 19.2 Å². The van der Waals surface area contributed by atoms with Crippen molar-refractivity contribution in [3.8, 4) is 5.75 Å². The van der Waals surface area contributed by atoms with Crippen LogP contribution in [-0.4, -0.2) is 54.3 Å². The van der Waals surface area contributed by atoms with Crippen molar-refractivity contribution < 1.29 is 48.0 Å². The Labute approximate surface area is 209 Å². The van der Waals surface area contributed by atoms with E-state index in [4.69, 9.17) is 24.1 Å². The molecule has 1 aromatic rings. The summed E-state index contributed by atoms with van der Waals surface area (Å²) in [5.74, 6) is -3.22. The van der Waals surface area contributed by atoms with Gasteiger partial charge in [-0.2, -0.15) is 0 Å². The third kappa shape index (κ3) is 10.3. The van der Waals surface area contributed by atoms with Gasteiger partial charge in [-0.25, -0.2) is 4.79 Å². The first-order chi connectivity index (χ1) is 17.2. The molecule has 36 heavy (non-hydrogen) atoms. The quantitative estimate of drug-likeness (QED) is 0.184. The second-order valence-electron chi connectivity index (χ2n) is 8.56. The largest absolute Gasteiger partial charge is 0.481 e. The highest BCUT2D eigenvalue weighted by molar-refractivity contribution is 5.81. The summed E-state index contributed by atoms with van der Waals surface area (Å²) in [6.07, 6.45) is 2.45. The Balaban J connectivity index is 1.62. The molecule has 0 aliphatic heterocycles. The lowest BCUT2D eigenvalue weighted by molar-refractivity contribution is -0.157. The summed E-state index contributed by atoms with van der Waals surface area (Å²) in [6.45, 7) is 4.84. The number of carboxylic acid groups (broad SMARTS) is 1. The first-order valence-electron chi connectivity index (χ1n) is 11.9. The maximum Gasteiger partial charge on any atom is 0.330 e. The van der Waals surface area contributed by atoms with Gasteiger partial charge in [0.1, 0.15) is 18.5 Å². The summed E-state index contributed by atoms with van der Waals surface area (Å²) in [6, 6.07) is 6.83. The van der Waals surface area contributed by atoms with Crippen molar-refractivity contribution in [1.29, 1.82) is 0 Å². The lowest BCUT2D eigenvalue weighted by Gasteiger charge is -2.24. The number of carboxylic acids is 1. The molecule has 10 heteroatoms. The lowest BCUT2D eigenvalue weighted by atomic mass is 9.82. The van der Waals surface area contributed by atoms with Crippen LogP contribution in [0.15, 0.2) is 36.9 Å². The van der Waals surface area contributed by atoms with E-state index in [0.29, 0.717) is 37.9 Å². The maximum atomic E-state index is 12.3. The van der Waals surface area contributed by atoms with Crippen molar-refractivity contribution >= 4 is 29.8 Å². The third-order valence-corrected chi connectivity index (χ3v) is 5.70. The number of rotatable bonds is 13. The molecular weight excluding hydrogens is 472 g/mol. The molecule has 0 spiro atoms. The van der Waals surface area contributed by atoms with Crippen molar-refractivity contribution in [3.05, 3.63) is 42.5 Å². The van der Waals surface area contributed by atoms with Gasteiger partial charge in [0.15, 0.2) is 0 Å². The lowest BCUT2D eigenvalue weighted by Crippen LogP contribution is -2.28. The molecule has 1 aromatic carbocycles. The number of ether oxygens (including phenoxy) is 4. The van der Waals surface area contributed by atoms with Gasteiger partial charge < -0.3 is 24.1 Å². The molecule has 0 bridgehead atoms. The van der Waals surface area contributed by atoms with Crippen molar-refractivity contribution in [2.75, 3.05) is 13.2 Å². The van der Waals surface area contributed by atoms with E-state index in [1.54, 1.807) is 31.2 Å². The van der Waals surface area contributed by atoms with E-state index in [-0.39, 0.29) is 43.9 Å². The maximum absolute atomic E-state index is 12.3. The van der Waals surface area contributed by atoms with Gasteiger partial charge in [-0.05, 0) is 50.3 Å². The average Bonchev–Trinajstić information content (AvgIpc) is 2.87. The van der Waals surface area contributed by atoms with Crippen molar-refractivity contribution in [2.45, 2.75) is 58.0 Å². The topological polar surface area (TPSA) is 142 Å². The van der Waals surface area contributed by atoms with Gasteiger partial charge >= 0.3 is 29.8 Å². The standard InChI is InChI=1S/C26H32O10/c1-3-22(27)34-16-17(2)35-24(29)13-12-23(28)33-15-14-18-4-10-21(11-5-18)36-26(32)20-8-6-19(7-9-20)25(30)31/h3-5,10-11,17,19-20H,1,6-9,12-16H2,2H3,(H,30,31)/t17?,19-,20-. The molecule has 1 N–H and O–H groups in total. The zero-order chi connectivity index (χ0) is 26.5. The fourth-order valence-electron chi connectivity index (χ4n) is 3.63. The predicted octanol–water partition coefficient (Wildman–Crippen LogP) is 3.01. The molecular formula is C26H32O10. The van der Waals surface area contributed by atoms with Crippen LogP contribution < -0.4 is 4.74 Å². The SMILES string of the molecule is C=CC(=O)OCC(C)OC(=O)CCC(=O)OCCc1ccc(OC(=O)[C@H]2CC[C@H](C(=O)O)CC2)cc1. The van der Waals surface area contributed by atoms with Crippen LogP contribution in [0.1, 0.15) is 51.0 Å². The van der Waals surface area contributed by atoms with Gasteiger partial charge in [0.2, 0.25) is 0 Å². The Bertz CT molecular complexity index is 929. The van der Waals surface area contributed by atoms with E-state index in [1.807, 2.05) is 0 Å². The third-order valence-electron chi connectivity index (χ3n) is 5.70. The molecule has 1 saturated carbocycles. The highest BCUT2D eigenvalue weighted by Crippen LogP contribution is 2.30. The molecule has 0 aromatic heterocycles. The molecule has 1 atom stereocenters. The molecule has 196 valence electrons. The Morgan fingerprint density at radius 3 is 2.19 bits per heavy atom. The number of hydrogen-bond acceptors (Lipinski definition) is 9. The zero-order valence-electron chi connectivity index (χ0n) is 20.3. The summed E-state index contributed by atoms with van der Waals surface area (Å²) in [5, 5.41) is 9.05. The molecule has 1 aliphatic carbocycles. The van der Waals surface area contributed by atoms with E-state index >= 15 is 0 Å². The van der Waals surface area contributed by atoms with Crippen molar-refractivity contribution in [1.82, 2.24) is 0 Å². The summed E-state index contributed by atoms with van der Waals surface area (Å²) >= 11 is 0. The molecule has 1 unspecified atom stereocenters. The van der Waals surface area contributed by atoms with Gasteiger partial charge in [0, 0.05) is 12.5 Å². The fourth-order valence-corrected chi connectivity index (χ4v) is 3.63. The average molecular weight is 505 g/mol. The Kier molecular flexibility index (Phi) is 11.6. The van der Waals surface area contributed by atoms with Crippen LogP contribution in [-0.2, 0) is 44.6 Å². The summed E-state index contributed by atoms with van der Waals surface area (Å²) in [4.78, 5) is 58.0. The molecule has 1 fully saturated rings. The van der Waals surface area contributed by atoms with Gasteiger partial charge in [0.25, 0.3) is 0 Å². The Morgan fingerprint density at radius 2 is 1.58 bits per heavy atom. The number of carbonyl (C=O) groups excluding carboxylic acids is 4. The van der Waals surface area contributed by atoms with Crippen molar-refractivity contribution in [3.63, 3.8) is 0 Å². The van der Waals surface area contributed by atoms with Crippen LogP contribution in [0.25, 0.3) is 0 Å². The second-order valence-corrected chi connectivity index (χ2v) is 8.56. The molecule has 0 heterocycles. The first kappa shape index (κ1) is 28.5. The predicted molar refractivity (Wildman–Crippen MR) is 126 cm³/mol. The fraction of sp³-hybridized carbons (Fsp3) is 0.500. The van der Waals surface area contributed by atoms with E-state index in [1.165, 1.54) is 0 Å². The molecule has 10 nitrogen and oxygen atoms in total. The second kappa shape index (κ2) is 14.7. The van der Waals surface area contributed by atoms with Gasteiger partial charge in [0.05, 0.1) is 31.3 Å². The number of carbonyl (C=O) groups is 5. The van der Waals surface area contributed by atoms with Gasteiger partial charge in [-0.15, -0.1) is 0 Å². The minimum atomic E-state index is -0.819. The smallest absolute Gasteiger partial charge is 0.330 e. The number of benzene rings is 1. The van der Waals surface area contributed by atoms with Crippen LogP contribution in [0.3, 0.4) is 0 Å². The Morgan fingerprint density at radius 1 is 0.972 bits per heavy atom.